The van der Waals surface area contributed by atoms with Gasteiger partial charge in [0.15, 0.2) is 5.82 Å². The molecule has 28 heavy (non-hydrogen) atoms. The molecule has 142 valence electrons. The van der Waals surface area contributed by atoms with Gasteiger partial charge in [-0.25, -0.2) is 13.1 Å². The molecule has 4 aromatic rings. The van der Waals surface area contributed by atoms with Crippen LogP contribution in [0, 0.1) is 13.8 Å². The van der Waals surface area contributed by atoms with Crippen LogP contribution in [0.3, 0.4) is 0 Å². The van der Waals surface area contributed by atoms with Gasteiger partial charge in [0.25, 0.3) is 0 Å². The maximum absolute atomic E-state index is 12.7. The summed E-state index contributed by atoms with van der Waals surface area (Å²) in [5, 5.41) is 13.5. The first-order chi connectivity index (χ1) is 13.4. The molecular weight excluding hydrogens is 374 g/mol. The van der Waals surface area contributed by atoms with Gasteiger partial charge in [0.05, 0.1) is 17.1 Å². The standard InChI is InChI=1S/C20H19N5O2S/c1-14-7-9-18(11-15(14)2)25-20(22-23-24-25)13-21-28(26,27)19-10-8-16-5-3-4-6-17(16)12-19/h3-12,21H,13H2,1-2H3. The maximum atomic E-state index is 12.7. The molecule has 0 aliphatic carbocycles. The predicted octanol–water partition coefficient (Wildman–Crippen LogP) is 2.91. The van der Waals surface area contributed by atoms with Crippen molar-refractivity contribution in [2.24, 2.45) is 0 Å². The number of tetrazole rings is 1. The van der Waals surface area contributed by atoms with Crippen LogP contribution in [0.25, 0.3) is 16.5 Å². The van der Waals surface area contributed by atoms with E-state index < -0.39 is 10.0 Å². The Balaban J connectivity index is 1.58. The number of rotatable bonds is 5. The fourth-order valence-corrected chi connectivity index (χ4v) is 3.97. The Morgan fingerprint density at radius 3 is 2.50 bits per heavy atom. The molecule has 4 rings (SSSR count). The Morgan fingerprint density at radius 1 is 0.929 bits per heavy atom. The largest absolute Gasteiger partial charge is 0.240 e. The molecule has 0 bridgehead atoms. The van der Waals surface area contributed by atoms with Gasteiger partial charge in [0.1, 0.15) is 0 Å². The van der Waals surface area contributed by atoms with E-state index in [1.54, 1.807) is 18.2 Å². The third-order valence-electron chi connectivity index (χ3n) is 4.72. The summed E-state index contributed by atoms with van der Waals surface area (Å²) < 4.78 is 29.6. The zero-order valence-electron chi connectivity index (χ0n) is 15.5. The summed E-state index contributed by atoms with van der Waals surface area (Å²) in [7, 11) is -3.70. The van der Waals surface area contributed by atoms with Crippen molar-refractivity contribution in [3.05, 3.63) is 77.6 Å². The van der Waals surface area contributed by atoms with E-state index in [0.29, 0.717) is 5.82 Å². The molecule has 0 aliphatic heterocycles. The first kappa shape index (κ1) is 18.3. The molecule has 0 aliphatic rings. The fourth-order valence-electron chi connectivity index (χ4n) is 2.95. The lowest BCUT2D eigenvalue weighted by atomic mass is 10.1. The number of aryl methyl sites for hydroxylation is 2. The van der Waals surface area contributed by atoms with Gasteiger partial charge in [-0.3, -0.25) is 0 Å². The molecule has 8 heteroatoms. The summed E-state index contributed by atoms with van der Waals surface area (Å²) in [6, 6.07) is 18.5. The number of hydrogen-bond donors (Lipinski definition) is 1. The van der Waals surface area contributed by atoms with Gasteiger partial charge in [0, 0.05) is 0 Å². The summed E-state index contributed by atoms with van der Waals surface area (Å²) in [6.07, 6.45) is 0. The van der Waals surface area contributed by atoms with Crippen LogP contribution in [-0.2, 0) is 16.6 Å². The molecule has 1 N–H and O–H groups in total. The molecule has 0 amide bonds. The summed E-state index contributed by atoms with van der Waals surface area (Å²) in [5.74, 6) is 0.410. The highest BCUT2D eigenvalue weighted by Gasteiger charge is 2.17. The van der Waals surface area contributed by atoms with Crippen molar-refractivity contribution in [3.8, 4) is 5.69 Å². The topological polar surface area (TPSA) is 89.8 Å². The van der Waals surface area contributed by atoms with Gasteiger partial charge in [-0.1, -0.05) is 36.4 Å². The average molecular weight is 393 g/mol. The Kier molecular flexibility index (Phi) is 4.66. The second-order valence-electron chi connectivity index (χ2n) is 6.61. The average Bonchev–Trinajstić information content (AvgIpc) is 3.17. The van der Waals surface area contributed by atoms with Crippen LogP contribution in [-0.4, -0.2) is 28.6 Å². The Bertz CT molecular complexity index is 1260. The number of nitrogens with zero attached hydrogens (tertiary/aromatic N) is 4. The monoisotopic (exact) mass is 393 g/mol. The molecule has 7 nitrogen and oxygen atoms in total. The number of hydrogen-bond acceptors (Lipinski definition) is 5. The van der Waals surface area contributed by atoms with Crippen LogP contribution >= 0.6 is 0 Å². The lowest BCUT2D eigenvalue weighted by molar-refractivity contribution is 0.578. The van der Waals surface area contributed by atoms with E-state index in [-0.39, 0.29) is 11.4 Å². The first-order valence-corrected chi connectivity index (χ1v) is 10.3. The molecule has 1 aromatic heterocycles. The second-order valence-corrected chi connectivity index (χ2v) is 8.38. The van der Waals surface area contributed by atoms with E-state index in [2.05, 4.69) is 20.2 Å². The Hall–Kier alpha value is -3.10. The lowest BCUT2D eigenvalue weighted by Crippen LogP contribution is -2.25. The molecule has 0 unspecified atom stereocenters. The van der Waals surface area contributed by atoms with Crippen molar-refractivity contribution in [1.82, 2.24) is 24.9 Å². The summed E-state index contributed by atoms with van der Waals surface area (Å²) in [4.78, 5) is 0.205. The molecular formula is C20H19N5O2S. The van der Waals surface area contributed by atoms with Gasteiger partial charge in [-0.05, 0) is 70.4 Å². The fraction of sp³-hybridized carbons (Fsp3) is 0.150. The van der Waals surface area contributed by atoms with Crippen molar-refractivity contribution < 1.29 is 8.42 Å². The molecule has 0 radical (unpaired) electrons. The third kappa shape index (κ3) is 3.51. The van der Waals surface area contributed by atoms with E-state index in [9.17, 15) is 8.42 Å². The molecule has 3 aromatic carbocycles. The number of aromatic nitrogens is 4. The van der Waals surface area contributed by atoms with E-state index in [1.807, 2.05) is 56.3 Å². The van der Waals surface area contributed by atoms with Crippen LogP contribution in [0.1, 0.15) is 17.0 Å². The van der Waals surface area contributed by atoms with Gasteiger partial charge in [0.2, 0.25) is 10.0 Å². The van der Waals surface area contributed by atoms with E-state index in [0.717, 1.165) is 27.6 Å². The minimum absolute atomic E-state index is 0.0188. The maximum Gasteiger partial charge on any atom is 0.240 e. The lowest BCUT2D eigenvalue weighted by Gasteiger charge is -2.09. The first-order valence-electron chi connectivity index (χ1n) is 8.77. The summed E-state index contributed by atoms with van der Waals surface area (Å²) in [5.41, 5.74) is 3.05. The van der Waals surface area contributed by atoms with Crippen molar-refractivity contribution in [2.45, 2.75) is 25.3 Å². The summed E-state index contributed by atoms with van der Waals surface area (Å²) >= 11 is 0. The van der Waals surface area contributed by atoms with Crippen molar-refractivity contribution in [2.75, 3.05) is 0 Å². The normalized spacial score (nSPS) is 11.8. The Labute approximate surface area is 163 Å². The zero-order valence-corrected chi connectivity index (χ0v) is 16.3. The smallest absolute Gasteiger partial charge is 0.207 e. The minimum atomic E-state index is -3.70. The number of benzene rings is 3. The Morgan fingerprint density at radius 2 is 1.71 bits per heavy atom. The highest BCUT2D eigenvalue weighted by atomic mass is 32.2. The van der Waals surface area contributed by atoms with Crippen LogP contribution in [0.5, 0.6) is 0 Å². The van der Waals surface area contributed by atoms with Gasteiger partial charge in [-0.2, -0.15) is 4.68 Å². The highest BCUT2D eigenvalue weighted by molar-refractivity contribution is 7.89. The van der Waals surface area contributed by atoms with Crippen LogP contribution < -0.4 is 4.72 Å². The molecule has 0 saturated heterocycles. The SMILES string of the molecule is Cc1ccc(-n2nnnc2CNS(=O)(=O)c2ccc3ccccc3c2)cc1C. The second kappa shape index (κ2) is 7.14. The molecule has 1 heterocycles. The van der Waals surface area contributed by atoms with Gasteiger partial charge in [-0.15, -0.1) is 5.10 Å². The van der Waals surface area contributed by atoms with Crippen LogP contribution in [0.2, 0.25) is 0 Å². The third-order valence-corrected chi connectivity index (χ3v) is 6.12. The molecule has 0 fully saturated rings. The van der Waals surface area contributed by atoms with Crippen LogP contribution in [0.15, 0.2) is 65.6 Å². The van der Waals surface area contributed by atoms with E-state index in [1.165, 1.54) is 4.68 Å². The van der Waals surface area contributed by atoms with Crippen LogP contribution in [0.4, 0.5) is 0 Å². The number of sulfonamides is 1. The zero-order chi connectivity index (χ0) is 19.7. The quantitative estimate of drug-likeness (QED) is 0.563. The molecule has 0 spiro atoms. The van der Waals surface area contributed by atoms with Gasteiger partial charge < -0.3 is 0 Å². The van der Waals surface area contributed by atoms with Gasteiger partial charge >= 0.3 is 0 Å². The van der Waals surface area contributed by atoms with Crippen molar-refractivity contribution in [3.63, 3.8) is 0 Å². The predicted molar refractivity (Wildman–Crippen MR) is 107 cm³/mol. The van der Waals surface area contributed by atoms with E-state index >= 15 is 0 Å². The number of nitrogens with one attached hydrogen (secondary N) is 1. The van der Waals surface area contributed by atoms with Crippen molar-refractivity contribution in [1.29, 1.82) is 0 Å². The summed E-state index contributed by atoms with van der Waals surface area (Å²) in [6.45, 7) is 4.01. The minimum Gasteiger partial charge on any atom is -0.207 e. The van der Waals surface area contributed by atoms with Crippen molar-refractivity contribution >= 4 is 20.8 Å². The molecule has 0 atom stereocenters. The molecule has 0 saturated carbocycles. The number of fused-ring (bicyclic) bond motifs is 1. The highest BCUT2D eigenvalue weighted by Crippen LogP contribution is 2.19. The van der Waals surface area contributed by atoms with E-state index in [4.69, 9.17) is 0 Å².